The molecule has 25 heavy (non-hydrogen) atoms. The molecule has 1 aliphatic rings. The molecule has 1 amide bonds. The summed E-state index contributed by atoms with van der Waals surface area (Å²) in [6.07, 6.45) is -0.0278. The van der Waals surface area contributed by atoms with Gasteiger partial charge in [0.15, 0.2) is 5.78 Å². The maximum atomic E-state index is 12.9. The van der Waals surface area contributed by atoms with Gasteiger partial charge in [-0.3, -0.25) is 9.59 Å². The Morgan fingerprint density at radius 2 is 1.76 bits per heavy atom. The van der Waals surface area contributed by atoms with Crippen LogP contribution < -0.4 is 4.90 Å². The van der Waals surface area contributed by atoms with Crippen LogP contribution in [0.25, 0.3) is 0 Å². The molecule has 1 saturated heterocycles. The molecule has 3 rings (SSSR count). The summed E-state index contributed by atoms with van der Waals surface area (Å²) < 4.78 is 34.4. The van der Waals surface area contributed by atoms with E-state index in [2.05, 4.69) is 0 Å². The van der Waals surface area contributed by atoms with Crippen LogP contribution in [0.3, 0.4) is 0 Å². The summed E-state index contributed by atoms with van der Waals surface area (Å²) in [6.45, 7) is 0.116. The van der Waals surface area contributed by atoms with Gasteiger partial charge in [-0.25, -0.2) is 0 Å². The minimum absolute atomic E-state index is 0.0278. The van der Waals surface area contributed by atoms with Crippen LogP contribution in [0.15, 0.2) is 54.6 Å². The van der Waals surface area contributed by atoms with E-state index >= 15 is 0 Å². The zero-order valence-corrected chi connectivity index (χ0v) is 14.1. The monoisotopic (exact) mass is 361 g/mol. The van der Waals surface area contributed by atoms with Crippen molar-refractivity contribution in [3.8, 4) is 0 Å². The van der Waals surface area contributed by atoms with Crippen molar-refractivity contribution in [1.82, 2.24) is 0 Å². The lowest BCUT2D eigenvalue weighted by molar-refractivity contribution is -0.117. The second-order valence-electron chi connectivity index (χ2n) is 6.03. The highest BCUT2D eigenvalue weighted by Crippen LogP contribution is 2.27. The van der Waals surface area contributed by atoms with Gasteiger partial charge in [0.2, 0.25) is 5.91 Å². The molecule has 2 aromatic rings. The molecule has 5 nitrogen and oxygen atoms in total. The van der Waals surface area contributed by atoms with Gasteiger partial charge in [0.25, 0.3) is 0 Å². The number of carbonyl (C=O) groups excluding carboxylic acids is 2. The molecule has 1 heterocycles. The first-order valence-electron chi connectivity index (χ1n) is 7.76. The van der Waals surface area contributed by atoms with Gasteiger partial charge in [0, 0.05) is 35.7 Å². The average Bonchev–Trinajstić information content (AvgIpc) is 2.93. The third kappa shape index (κ3) is 4.11. The Hall–Kier alpha value is -2.54. The lowest BCUT2D eigenvalue weighted by atomic mass is 10.0. The molecule has 0 aliphatic carbocycles. The van der Waals surface area contributed by atoms with Crippen molar-refractivity contribution in [3.05, 3.63) is 65.7 Å². The lowest BCUT2D eigenvalue weighted by Crippen LogP contribution is -2.25. The largest absolute Gasteiger partial charge is 0.312 e. The number of hydrogen-bond donors (Lipinski definition) is 0. The van der Waals surface area contributed by atoms with Crippen LogP contribution in [0.2, 0.25) is 0 Å². The highest BCUT2D eigenvalue weighted by Gasteiger charge is 2.33. The summed E-state index contributed by atoms with van der Waals surface area (Å²) >= 11 is 0. The SMILES string of the molecule is O=C(c1ccccc1)c1cccc(N2CC(CS(=O)(=O)F)CC2=O)c1. The Balaban J connectivity index is 1.82. The molecule has 2 aromatic carbocycles. The number of rotatable bonds is 5. The molecule has 0 radical (unpaired) electrons. The zero-order chi connectivity index (χ0) is 18.0. The number of nitrogens with zero attached hydrogens (tertiary/aromatic N) is 1. The molecule has 1 unspecified atom stereocenters. The first-order valence-corrected chi connectivity index (χ1v) is 9.31. The lowest BCUT2D eigenvalue weighted by Gasteiger charge is -2.17. The molecule has 1 atom stereocenters. The Bertz CT molecular complexity index is 912. The van der Waals surface area contributed by atoms with E-state index in [-0.39, 0.29) is 24.7 Å². The number of halogens is 1. The molecule has 7 heteroatoms. The fourth-order valence-electron chi connectivity index (χ4n) is 3.00. The predicted octanol–water partition coefficient (Wildman–Crippen LogP) is 2.57. The maximum Gasteiger partial charge on any atom is 0.302 e. The third-order valence-corrected chi connectivity index (χ3v) is 4.97. The molecular formula is C18H16FNO4S. The van der Waals surface area contributed by atoms with Crippen molar-refractivity contribution >= 4 is 27.6 Å². The molecule has 130 valence electrons. The summed E-state index contributed by atoms with van der Waals surface area (Å²) in [5, 5.41) is 0. The topological polar surface area (TPSA) is 71.5 Å². The quantitative estimate of drug-likeness (QED) is 0.606. The predicted molar refractivity (Wildman–Crippen MR) is 91.7 cm³/mol. The Morgan fingerprint density at radius 1 is 1.08 bits per heavy atom. The van der Waals surface area contributed by atoms with E-state index in [9.17, 15) is 21.9 Å². The highest BCUT2D eigenvalue weighted by atomic mass is 32.3. The van der Waals surface area contributed by atoms with Crippen molar-refractivity contribution in [2.24, 2.45) is 5.92 Å². The van der Waals surface area contributed by atoms with E-state index in [1.54, 1.807) is 48.5 Å². The minimum Gasteiger partial charge on any atom is -0.312 e. The van der Waals surface area contributed by atoms with Crippen LogP contribution in [0.5, 0.6) is 0 Å². The highest BCUT2D eigenvalue weighted by molar-refractivity contribution is 7.86. The van der Waals surface area contributed by atoms with Crippen LogP contribution in [-0.4, -0.2) is 32.4 Å². The fourth-order valence-corrected chi connectivity index (χ4v) is 3.78. The summed E-state index contributed by atoms with van der Waals surface area (Å²) in [5.74, 6) is -1.70. The number of anilines is 1. The van der Waals surface area contributed by atoms with Crippen molar-refractivity contribution < 1.29 is 21.9 Å². The third-order valence-electron chi connectivity index (χ3n) is 4.10. The molecular weight excluding hydrogens is 345 g/mol. The van der Waals surface area contributed by atoms with Crippen LogP contribution in [-0.2, 0) is 15.0 Å². The number of carbonyl (C=O) groups is 2. The first-order chi connectivity index (χ1) is 11.8. The normalized spacial score (nSPS) is 17.7. The number of amides is 1. The molecule has 0 aromatic heterocycles. The van der Waals surface area contributed by atoms with Crippen molar-refractivity contribution in [2.75, 3.05) is 17.2 Å². The van der Waals surface area contributed by atoms with E-state index in [4.69, 9.17) is 0 Å². The molecule has 0 saturated carbocycles. The molecule has 0 bridgehead atoms. The Kier molecular flexibility index (Phi) is 4.67. The van der Waals surface area contributed by atoms with Crippen LogP contribution in [0, 0.1) is 5.92 Å². The van der Waals surface area contributed by atoms with E-state index in [1.807, 2.05) is 6.07 Å². The summed E-state index contributed by atoms with van der Waals surface area (Å²) in [5.41, 5.74) is 1.47. The van der Waals surface area contributed by atoms with E-state index in [1.165, 1.54) is 4.90 Å². The van der Waals surface area contributed by atoms with Crippen molar-refractivity contribution in [3.63, 3.8) is 0 Å². The van der Waals surface area contributed by atoms with E-state index in [0.717, 1.165) is 0 Å². The average molecular weight is 361 g/mol. The van der Waals surface area contributed by atoms with Crippen molar-refractivity contribution in [2.45, 2.75) is 6.42 Å². The van der Waals surface area contributed by atoms with Crippen LogP contribution >= 0.6 is 0 Å². The fraction of sp³-hybridized carbons (Fsp3) is 0.222. The van der Waals surface area contributed by atoms with E-state index < -0.39 is 21.9 Å². The van der Waals surface area contributed by atoms with Gasteiger partial charge in [0.05, 0.1) is 5.75 Å². The number of hydrogen-bond acceptors (Lipinski definition) is 4. The Labute approximate surface area is 145 Å². The summed E-state index contributed by atoms with van der Waals surface area (Å²) in [4.78, 5) is 26.1. The van der Waals surface area contributed by atoms with Gasteiger partial charge >= 0.3 is 10.2 Å². The molecule has 0 N–H and O–H groups in total. The number of benzene rings is 2. The molecule has 1 fully saturated rings. The van der Waals surface area contributed by atoms with Crippen molar-refractivity contribution in [1.29, 1.82) is 0 Å². The summed E-state index contributed by atoms with van der Waals surface area (Å²) in [7, 11) is -4.63. The van der Waals surface area contributed by atoms with Gasteiger partial charge < -0.3 is 4.90 Å². The molecule has 1 aliphatic heterocycles. The second kappa shape index (κ2) is 6.76. The van der Waals surface area contributed by atoms with Gasteiger partial charge in [0.1, 0.15) is 0 Å². The van der Waals surface area contributed by atoms with Gasteiger partial charge in [-0.05, 0) is 12.1 Å². The Morgan fingerprint density at radius 3 is 2.44 bits per heavy atom. The molecule has 0 spiro atoms. The van der Waals surface area contributed by atoms with Crippen LogP contribution in [0.1, 0.15) is 22.3 Å². The minimum atomic E-state index is -4.63. The maximum absolute atomic E-state index is 12.9. The van der Waals surface area contributed by atoms with Crippen LogP contribution in [0.4, 0.5) is 9.57 Å². The standard InChI is InChI=1S/C18H16FNO4S/c19-25(23,24)12-13-9-17(21)20(11-13)16-8-4-7-15(10-16)18(22)14-5-2-1-3-6-14/h1-8,10,13H,9,11-12H2. The van der Waals surface area contributed by atoms with Gasteiger partial charge in [-0.2, -0.15) is 8.42 Å². The second-order valence-corrected chi connectivity index (χ2v) is 7.44. The number of ketones is 1. The smallest absolute Gasteiger partial charge is 0.302 e. The zero-order valence-electron chi connectivity index (χ0n) is 13.3. The van der Waals surface area contributed by atoms with Gasteiger partial charge in [-0.15, -0.1) is 3.89 Å². The first kappa shape index (κ1) is 17.3. The van der Waals surface area contributed by atoms with Gasteiger partial charge in [-0.1, -0.05) is 42.5 Å². The summed E-state index contributed by atoms with van der Waals surface area (Å²) in [6, 6.07) is 15.4. The van der Waals surface area contributed by atoms with E-state index in [0.29, 0.717) is 16.8 Å².